The number of unbranched alkanes of at least 4 members (excludes halogenated alkanes) is 2. The summed E-state index contributed by atoms with van der Waals surface area (Å²) in [5.74, 6) is 0.00451. The first-order valence-corrected chi connectivity index (χ1v) is 7.78. The first-order valence-electron chi connectivity index (χ1n) is 6.98. The molecule has 0 aliphatic carbocycles. The van der Waals surface area contributed by atoms with E-state index in [1.54, 1.807) is 0 Å². The molecule has 1 rings (SSSR count). The molecule has 1 aromatic rings. The summed E-state index contributed by atoms with van der Waals surface area (Å²) in [7, 11) is 0. The van der Waals surface area contributed by atoms with E-state index in [9.17, 15) is 4.79 Å². The van der Waals surface area contributed by atoms with Gasteiger partial charge in [0.15, 0.2) is 0 Å². The van der Waals surface area contributed by atoms with Crippen LogP contribution in [0.2, 0.25) is 0 Å². The smallest absolute Gasteiger partial charge is 0.251 e. The third-order valence-corrected chi connectivity index (χ3v) is 3.76. The second kappa shape index (κ2) is 7.68. The van der Waals surface area contributed by atoms with Gasteiger partial charge in [0.2, 0.25) is 0 Å². The number of carbonyl (C=O) groups is 1. The van der Waals surface area contributed by atoms with Crippen molar-refractivity contribution in [1.82, 2.24) is 5.32 Å². The van der Waals surface area contributed by atoms with Crippen LogP contribution in [0, 0.1) is 5.41 Å². The molecule has 0 spiro atoms. The monoisotopic (exact) mass is 325 g/mol. The molecule has 0 fully saturated rings. The Balaban J connectivity index is 2.45. The summed E-state index contributed by atoms with van der Waals surface area (Å²) >= 11 is 3.38. The highest BCUT2D eigenvalue weighted by atomic mass is 79.9. The van der Waals surface area contributed by atoms with Gasteiger partial charge in [-0.25, -0.2) is 0 Å². The number of benzene rings is 1. The molecule has 2 nitrogen and oxygen atoms in total. The van der Waals surface area contributed by atoms with E-state index in [1.807, 2.05) is 24.3 Å². The van der Waals surface area contributed by atoms with Crippen LogP contribution in [0.4, 0.5) is 0 Å². The predicted molar refractivity (Wildman–Crippen MR) is 84.4 cm³/mol. The number of amides is 1. The van der Waals surface area contributed by atoms with Crippen molar-refractivity contribution < 1.29 is 4.79 Å². The molecule has 0 radical (unpaired) electrons. The van der Waals surface area contributed by atoms with Crippen LogP contribution in [0.1, 0.15) is 56.8 Å². The van der Waals surface area contributed by atoms with Gasteiger partial charge in [-0.15, -0.1) is 0 Å². The summed E-state index contributed by atoms with van der Waals surface area (Å²) in [6, 6.07) is 7.49. The zero-order chi connectivity index (χ0) is 14.3. The molecule has 0 bridgehead atoms. The second-order valence-electron chi connectivity index (χ2n) is 5.81. The minimum absolute atomic E-state index is 0.00451. The average molecular weight is 326 g/mol. The molecule has 106 valence electrons. The fourth-order valence-corrected chi connectivity index (χ4v) is 2.39. The summed E-state index contributed by atoms with van der Waals surface area (Å²) in [5, 5.41) is 3.03. The van der Waals surface area contributed by atoms with E-state index in [0.29, 0.717) is 5.56 Å². The predicted octanol–water partition coefficient (Wildman–Crippen LogP) is 4.79. The lowest BCUT2D eigenvalue weighted by Crippen LogP contribution is -2.34. The van der Waals surface area contributed by atoms with Gasteiger partial charge in [0.1, 0.15) is 0 Å². The molecule has 19 heavy (non-hydrogen) atoms. The molecule has 0 heterocycles. The van der Waals surface area contributed by atoms with Crippen LogP contribution < -0.4 is 5.32 Å². The van der Waals surface area contributed by atoms with Gasteiger partial charge < -0.3 is 5.32 Å². The van der Waals surface area contributed by atoms with Crippen molar-refractivity contribution >= 4 is 21.8 Å². The molecule has 1 aromatic carbocycles. The van der Waals surface area contributed by atoms with Crippen molar-refractivity contribution in [1.29, 1.82) is 0 Å². The van der Waals surface area contributed by atoms with Crippen LogP contribution >= 0.6 is 15.9 Å². The lowest BCUT2D eigenvalue weighted by atomic mass is 9.87. The number of hydrogen-bond donors (Lipinski definition) is 1. The first kappa shape index (κ1) is 16.2. The average Bonchev–Trinajstić information content (AvgIpc) is 2.36. The summed E-state index contributed by atoms with van der Waals surface area (Å²) in [5.41, 5.74) is 0.871. The van der Waals surface area contributed by atoms with E-state index in [2.05, 4.69) is 42.0 Å². The highest BCUT2D eigenvalue weighted by Gasteiger charge is 2.18. The van der Waals surface area contributed by atoms with Crippen LogP contribution in [-0.2, 0) is 0 Å². The molecule has 1 N–H and O–H groups in total. The van der Waals surface area contributed by atoms with E-state index >= 15 is 0 Å². The Kier molecular flexibility index (Phi) is 6.56. The largest absolute Gasteiger partial charge is 0.352 e. The van der Waals surface area contributed by atoms with Gasteiger partial charge in [0.05, 0.1) is 0 Å². The van der Waals surface area contributed by atoms with Crippen LogP contribution in [0.15, 0.2) is 28.7 Å². The molecule has 1 amide bonds. The Morgan fingerprint density at radius 3 is 2.68 bits per heavy atom. The second-order valence-corrected chi connectivity index (χ2v) is 6.73. The Labute approximate surface area is 125 Å². The highest BCUT2D eigenvalue weighted by Crippen LogP contribution is 2.22. The fraction of sp³-hybridized carbons (Fsp3) is 0.562. The molecule has 0 saturated carbocycles. The van der Waals surface area contributed by atoms with E-state index < -0.39 is 0 Å². The molecule has 0 aliphatic heterocycles. The lowest BCUT2D eigenvalue weighted by Gasteiger charge is -2.25. The number of hydrogen-bond acceptors (Lipinski definition) is 1. The molecule has 0 atom stereocenters. The zero-order valence-corrected chi connectivity index (χ0v) is 13.7. The third kappa shape index (κ3) is 6.24. The van der Waals surface area contributed by atoms with Crippen LogP contribution in [0.5, 0.6) is 0 Å². The summed E-state index contributed by atoms with van der Waals surface area (Å²) < 4.78 is 0.933. The van der Waals surface area contributed by atoms with Gasteiger partial charge in [-0.05, 0) is 30.0 Å². The van der Waals surface area contributed by atoms with Crippen molar-refractivity contribution in [2.45, 2.75) is 46.5 Å². The van der Waals surface area contributed by atoms with Crippen molar-refractivity contribution in [2.24, 2.45) is 5.41 Å². The number of rotatable bonds is 7. The molecule has 3 heteroatoms. The molecule has 0 aromatic heterocycles. The van der Waals surface area contributed by atoms with Crippen molar-refractivity contribution in [3.8, 4) is 0 Å². The van der Waals surface area contributed by atoms with Gasteiger partial charge in [-0.1, -0.05) is 62.0 Å². The van der Waals surface area contributed by atoms with Crippen molar-refractivity contribution in [2.75, 3.05) is 6.54 Å². The number of carbonyl (C=O) groups excluding carboxylic acids is 1. The minimum atomic E-state index is 0.00451. The standard InChI is InChI=1S/C16H24BrNO/c1-4-5-6-10-16(2,3)12-18-15(19)13-8-7-9-14(17)11-13/h7-9,11H,4-6,10,12H2,1-3H3,(H,18,19). The Morgan fingerprint density at radius 2 is 2.05 bits per heavy atom. The summed E-state index contributed by atoms with van der Waals surface area (Å²) in [6.07, 6.45) is 4.89. The minimum Gasteiger partial charge on any atom is -0.352 e. The van der Waals surface area contributed by atoms with E-state index in [0.717, 1.165) is 17.4 Å². The Hall–Kier alpha value is -0.830. The van der Waals surface area contributed by atoms with Crippen molar-refractivity contribution in [3.05, 3.63) is 34.3 Å². The first-order chi connectivity index (χ1) is 8.94. The Morgan fingerprint density at radius 1 is 1.32 bits per heavy atom. The molecule has 0 saturated heterocycles. The van der Waals surface area contributed by atoms with Crippen LogP contribution in [0.25, 0.3) is 0 Å². The highest BCUT2D eigenvalue weighted by molar-refractivity contribution is 9.10. The van der Waals surface area contributed by atoms with Gasteiger partial charge in [-0.3, -0.25) is 4.79 Å². The third-order valence-electron chi connectivity index (χ3n) is 3.27. The SMILES string of the molecule is CCCCCC(C)(C)CNC(=O)c1cccc(Br)c1. The van der Waals surface area contributed by atoms with Gasteiger partial charge in [0, 0.05) is 16.6 Å². The lowest BCUT2D eigenvalue weighted by molar-refractivity contribution is 0.0934. The summed E-state index contributed by atoms with van der Waals surface area (Å²) in [6.45, 7) is 7.36. The zero-order valence-electron chi connectivity index (χ0n) is 12.1. The normalized spacial score (nSPS) is 11.4. The number of nitrogens with one attached hydrogen (secondary N) is 1. The molecular weight excluding hydrogens is 302 g/mol. The topological polar surface area (TPSA) is 29.1 Å². The van der Waals surface area contributed by atoms with Gasteiger partial charge >= 0.3 is 0 Å². The molecular formula is C16H24BrNO. The van der Waals surface area contributed by atoms with Crippen LogP contribution in [0.3, 0.4) is 0 Å². The maximum absolute atomic E-state index is 12.0. The van der Waals surface area contributed by atoms with E-state index in [-0.39, 0.29) is 11.3 Å². The fourth-order valence-electron chi connectivity index (χ4n) is 1.99. The van der Waals surface area contributed by atoms with Crippen molar-refractivity contribution in [3.63, 3.8) is 0 Å². The Bertz CT molecular complexity index is 415. The number of halogens is 1. The maximum Gasteiger partial charge on any atom is 0.251 e. The van der Waals surface area contributed by atoms with Crippen LogP contribution in [-0.4, -0.2) is 12.5 Å². The van der Waals surface area contributed by atoms with Gasteiger partial charge in [-0.2, -0.15) is 0 Å². The summed E-state index contributed by atoms with van der Waals surface area (Å²) in [4.78, 5) is 12.0. The van der Waals surface area contributed by atoms with Gasteiger partial charge in [0.25, 0.3) is 5.91 Å². The maximum atomic E-state index is 12.0. The van der Waals surface area contributed by atoms with E-state index in [4.69, 9.17) is 0 Å². The molecule has 0 aliphatic rings. The quantitative estimate of drug-likeness (QED) is 0.718. The molecule has 0 unspecified atom stereocenters. The van der Waals surface area contributed by atoms with E-state index in [1.165, 1.54) is 19.3 Å².